The van der Waals surface area contributed by atoms with Crippen molar-refractivity contribution in [3.8, 4) is 5.75 Å². The topological polar surface area (TPSA) is 60.6 Å². The maximum atomic E-state index is 6.30. The van der Waals surface area contributed by atoms with E-state index in [0.29, 0.717) is 5.82 Å². The summed E-state index contributed by atoms with van der Waals surface area (Å²) in [7, 11) is 0. The smallest absolute Gasteiger partial charge is 0.131 e. The van der Waals surface area contributed by atoms with Crippen molar-refractivity contribution < 1.29 is 9.47 Å². The van der Waals surface area contributed by atoms with Crippen LogP contribution in [-0.4, -0.2) is 48.8 Å². The van der Waals surface area contributed by atoms with Gasteiger partial charge in [0.25, 0.3) is 0 Å². The van der Waals surface area contributed by atoms with E-state index in [9.17, 15) is 0 Å². The van der Waals surface area contributed by atoms with Gasteiger partial charge >= 0.3 is 0 Å². The molecule has 4 rings (SSSR count). The first-order valence-electron chi connectivity index (χ1n) is 9.39. The van der Waals surface area contributed by atoms with Crippen LogP contribution in [0.4, 0.5) is 5.82 Å². The Hall–Kier alpha value is -1.85. The standard InChI is InChI=1S/C20H27N3O2/c21-20-19-4-3-17(12-16(19)5-8-22-20)25-18-2-1-9-23(14-18)13-15-6-10-24-11-7-15/h3-5,8,12,15,18H,1-2,6-7,9-11,13-14H2,(H2,21,22). The Bertz CT molecular complexity index is 715. The molecule has 0 aliphatic carbocycles. The van der Waals surface area contributed by atoms with Crippen LogP contribution in [0.15, 0.2) is 30.5 Å². The van der Waals surface area contributed by atoms with Gasteiger partial charge in [0.05, 0.1) is 0 Å². The van der Waals surface area contributed by atoms with Gasteiger partial charge in [-0.25, -0.2) is 4.98 Å². The van der Waals surface area contributed by atoms with Crippen molar-refractivity contribution in [1.82, 2.24) is 9.88 Å². The second-order valence-electron chi connectivity index (χ2n) is 7.28. The summed E-state index contributed by atoms with van der Waals surface area (Å²) in [5, 5.41) is 2.07. The molecular weight excluding hydrogens is 314 g/mol. The fourth-order valence-corrected chi connectivity index (χ4v) is 4.01. The molecule has 2 aromatic rings. The van der Waals surface area contributed by atoms with Crippen LogP contribution in [-0.2, 0) is 4.74 Å². The number of piperidine rings is 1. The van der Waals surface area contributed by atoms with Crippen molar-refractivity contribution in [3.63, 3.8) is 0 Å². The number of anilines is 1. The number of nitrogen functional groups attached to an aromatic ring is 1. The highest BCUT2D eigenvalue weighted by Gasteiger charge is 2.24. The van der Waals surface area contributed by atoms with E-state index < -0.39 is 0 Å². The molecule has 2 fully saturated rings. The molecule has 0 bridgehead atoms. The molecule has 2 aliphatic heterocycles. The minimum absolute atomic E-state index is 0.269. The van der Waals surface area contributed by atoms with Crippen molar-refractivity contribution in [3.05, 3.63) is 30.5 Å². The molecule has 0 radical (unpaired) electrons. The van der Waals surface area contributed by atoms with E-state index in [1.165, 1.54) is 32.4 Å². The van der Waals surface area contributed by atoms with Crippen LogP contribution in [0.3, 0.4) is 0 Å². The average molecular weight is 341 g/mol. The number of likely N-dealkylation sites (tertiary alicyclic amines) is 1. The van der Waals surface area contributed by atoms with E-state index in [0.717, 1.165) is 48.6 Å². The highest BCUT2D eigenvalue weighted by molar-refractivity contribution is 5.91. The first-order valence-corrected chi connectivity index (χ1v) is 9.39. The number of benzene rings is 1. The maximum Gasteiger partial charge on any atom is 0.131 e. The molecule has 1 aromatic carbocycles. The van der Waals surface area contributed by atoms with Crippen molar-refractivity contribution in [1.29, 1.82) is 0 Å². The van der Waals surface area contributed by atoms with Crippen LogP contribution in [0.25, 0.3) is 10.8 Å². The Balaban J connectivity index is 1.38. The molecule has 134 valence electrons. The van der Waals surface area contributed by atoms with Crippen LogP contribution in [0, 0.1) is 5.92 Å². The van der Waals surface area contributed by atoms with E-state index >= 15 is 0 Å². The second kappa shape index (κ2) is 7.58. The van der Waals surface area contributed by atoms with Crippen molar-refractivity contribution in [2.45, 2.75) is 31.8 Å². The molecule has 2 saturated heterocycles. The van der Waals surface area contributed by atoms with Gasteiger partial charge in [-0.15, -0.1) is 0 Å². The third kappa shape index (κ3) is 4.05. The zero-order valence-corrected chi connectivity index (χ0v) is 14.7. The summed E-state index contributed by atoms with van der Waals surface area (Å²) in [4.78, 5) is 6.72. The third-order valence-electron chi connectivity index (χ3n) is 5.39. The predicted octanol–water partition coefficient (Wildman–Crippen LogP) is 3.09. The lowest BCUT2D eigenvalue weighted by Gasteiger charge is -2.36. The monoisotopic (exact) mass is 341 g/mol. The SMILES string of the molecule is Nc1nccc2cc(OC3CCCN(CC4CCOCC4)C3)ccc12. The van der Waals surface area contributed by atoms with Gasteiger partial charge in [0.2, 0.25) is 0 Å². The normalized spacial score (nSPS) is 23.0. The number of nitrogens with zero attached hydrogens (tertiary/aromatic N) is 2. The summed E-state index contributed by atoms with van der Waals surface area (Å²) in [5.41, 5.74) is 5.93. The number of nitrogens with two attached hydrogens (primary N) is 1. The summed E-state index contributed by atoms with van der Waals surface area (Å²) < 4.78 is 11.8. The predicted molar refractivity (Wildman–Crippen MR) is 99.8 cm³/mol. The summed E-state index contributed by atoms with van der Waals surface area (Å²) in [6.07, 6.45) is 6.74. The fraction of sp³-hybridized carbons (Fsp3) is 0.550. The molecule has 0 saturated carbocycles. The van der Waals surface area contributed by atoms with Gasteiger partial charge in [-0.3, -0.25) is 4.90 Å². The largest absolute Gasteiger partial charge is 0.489 e. The number of aromatic nitrogens is 1. The number of hydrogen-bond donors (Lipinski definition) is 1. The molecule has 5 nitrogen and oxygen atoms in total. The van der Waals surface area contributed by atoms with Crippen LogP contribution >= 0.6 is 0 Å². The lowest BCUT2D eigenvalue weighted by atomic mass is 9.98. The number of fused-ring (bicyclic) bond motifs is 1. The van der Waals surface area contributed by atoms with Gasteiger partial charge < -0.3 is 15.2 Å². The minimum atomic E-state index is 0.269. The number of rotatable bonds is 4. The third-order valence-corrected chi connectivity index (χ3v) is 5.39. The molecule has 3 heterocycles. The molecule has 1 unspecified atom stereocenters. The zero-order chi connectivity index (χ0) is 17.1. The lowest BCUT2D eigenvalue weighted by Crippen LogP contribution is -2.43. The zero-order valence-electron chi connectivity index (χ0n) is 14.7. The number of ether oxygens (including phenoxy) is 2. The molecule has 1 aromatic heterocycles. The Morgan fingerprint density at radius 3 is 2.96 bits per heavy atom. The quantitative estimate of drug-likeness (QED) is 0.926. The Morgan fingerprint density at radius 2 is 2.08 bits per heavy atom. The highest BCUT2D eigenvalue weighted by atomic mass is 16.5. The molecular formula is C20H27N3O2. The molecule has 5 heteroatoms. The van der Waals surface area contributed by atoms with Crippen molar-refractivity contribution in [2.24, 2.45) is 5.92 Å². The van der Waals surface area contributed by atoms with Gasteiger partial charge in [0, 0.05) is 37.9 Å². The van der Waals surface area contributed by atoms with Crippen LogP contribution in [0.2, 0.25) is 0 Å². The minimum Gasteiger partial charge on any atom is -0.489 e. The molecule has 25 heavy (non-hydrogen) atoms. The molecule has 0 spiro atoms. The highest BCUT2D eigenvalue weighted by Crippen LogP contribution is 2.26. The molecule has 2 N–H and O–H groups in total. The summed E-state index contributed by atoms with van der Waals surface area (Å²) >= 11 is 0. The number of hydrogen-bond acceptors (Lipinski definition) is 5. The molecule has 0 amide bonds. The van der Waals surface area contributed by atoms with Crippen LogP contribution < -0.4 is 10.5 Å². The summed E-state index contributed by atoms with van der Waals surface area (Å²) in [6, 6.07) is 8.08. The van der Waals surface area contributed by atoms with E-state index in [1.54, 1.807) is 6.20 Å². The Morgan fingerprint density at radius 1 is 1.20 bits per heavy atom. The fourth-order valence-electron chi connectivity index (χ4n) is 4.01. The van der Waals surface area contributed by atoms with Crippen LogP contribution in [0.1, 0.15) is 25.7 Å². The van der Waals surface area contributed by atoms with Gasteiger partial charge in [0.15, 0.2) is 0 Å². The Labute approximate surface area is 149 Å². The first kappa shape index (κ1) is 16.6. The van der Waals surface area contributed by atoms with Gasteiger partial charge in [-0.05, 0) is 67.8 Å². The van der Waals surface area contributed by atoms with E-state index in [-0.39, 0.29) is 6.10 Å². The summed E-state index contributed by atoms with van der Waals surface area (Å²) in [6.45, 7) is 5.25. The maximum absolute atomic E-state index is 6.30. The average Bonchev–Trinajstić information content (AvgIpc) is 2.63. The van der Waals surface area contributed by atoms with Gasteiger partial charge in [-0.1, -0.05) is 0 Å². The van der Waals surface area contributed by atoms with Gasteiger partial charge in [-0.2, -0.15) is 0 Å². The summed E-state index contributed by atoms with van der Waals surface area (Å²) in [5.74, 6) is 2.28. The van der Waals surface area contributed by atoms with Crippen LogP contribution in [0.5, 0.6) is 5.75 Å². The van der Waals surface area contributed by atoms with Gasteiger partial charge in [0.1, 0.15) is 17.7 Å². The van der Waals surface area contributed by atoms with E-state index in [1.807, 2.05) is 18.2 Å². The number of pyridine rings is 1. The van der Waals surface area contributed by atoms with E-state index in [4.69, 9.17) is 15.2 Å². The first-order chi connectivity index (χ1) is 12.3. The Kier molecular flexibility index (Phi) is 5.04. The molecule has 1 atom stereocenters. The van der Waals surface area contributed by atoms with Crippen molar-refractivity contribution in [2.75, 3.05) is 38.6 Å². The molecule has 2 aliphatic rings. The second-order valence-corrected chi connectivity index (χ2v) is 7.28. The van der Waals surface area contributed by atoms with Crippen molar-refractivity contribution >= 4 is 16.6 Å². The van der Waals surface area contributed by atoms with E-state index in [2.05, 4.69) is 16.0 Å². The lowest BCUT2D eigenvalue weighted by molar-refractivity contribution is 0.0336.